The predicted octanol–water partition coefficient (Wildman–Crippen LogP) is 13.5. The third-order valence-corrected chi connectivity index (χ3v) is 12.1. The second-order valence-electron chi connectivity index (χ2n) is 14.3. The van der Waals surface area contributed by atoms with E-state index in [9.17, 15) is 5.26 Å². The number of benzene rings is 8. The Kier molecular flexibility index (Phi) is 7.99. The van der Waals surface area contributed by atoms with Gasteiger partial charge >= 0.3 is 0 Å². The maximum absolute atomic E-state index is 9.53. The lowest BCUT2D eigenvalue weighted by atomic mass is 10.00. The van der Waals surface area contributed by atoms with Crippen LogP contribution < -0.4 is 0 Å². The zero-order valence-electron chi connectivity index (χ0n) is 31.0. The summed E-state index contributed by atoms with van der Waals surface area (Å²) in [5.41, 5.74) is 11.0. The van der Waals surface area contributed by atoms with Crippen LogP contribution in [0.4, 0.5) is 0 Å². The largest absolute Gasteiger partial charge is 0.309 e. The van der Waals surface area contributed by atoms with E-state index in [0.717, 1.165) is 50.1 Å². The fraction of sp³-hybridized carbons (Fsp3) is 0. The van der Waals surface area contributed by atoms with Gasteiger partial charge in [-0.3, -0.25) is 0 Å². The van der Waals surface area contributed by atoms with E-state index < -0.39 is 0 Å². The molecule has 0 saturated heterocycles. The standard InChI is InChI=1S/C52H31N5S/c53-32-33-21-23-36(24-22-33)50-54-51(37-27-25-35(26-28-37)40-16-10-17-44-43-15-6-9-20-48(43)58-49(40)44)56-52(55-50)38-29-30-39(34-11-2-1-3-12-34)47(31-38)57-45-18-7-4-13-41(45)42-14-5-8-19-46(42)57/h1-31H. The van der Waals surface area contributed by atoms with Crippen LogP contribution in [-0.4, -0.2) is 19.5 Å². The van der Waals surface area contributed by atoms with E-state index >= 15 is 0 Å². The number of nitriles is 1. The van der Waals surface area contributed by atoms with E-state index in [1.165, 1.54) is 36.5 Å². The van der Waals surface area contributed by atoms with Gasteiger partial charge in [-0.25, -0.2) is 15.0 Å². The van der Waals surface area contributed by atoms with E-state index in [1.807, 2.05) is 29.5 Å². The zero-order chi connectivity index (χ0) is 38.6. The Labute approximate surface area is 338 Å². The van der Waals surface area contributed by atoms with Crippen LogP contribution in [0, 0.1) is 11.3 Å². The first-order chi connectivity index (χ1) is 28.7. The molecule has 58 heavy (non-hydrogen) atoms. The highest BCUT2D eigenvalue weighted by Gasteiger charge is 2.19. The summed E-state index contributed by atoms with van der Waals surface area (Å²) < 4.78 is 4.92. The minimum Gasteiger partial charge on any atom is -0.309 e. The minimum atomic E-state index is 0.536. The monoisotopic (exact) mass is 757 g/mol. The summed E-state index contributed by atoms with van der Waals surface area (Å²) in [5, 5.41) is 14.5. The highest BCUT2D eigenvalue weighted by molar-refractivity contribution is 7.26. The van der Waals surface area contributed by atoms with Gasteiger partial charge in [0.2, 0.25) is 0 Å². The molecular formula is C52H31N5S. The first-order valence-corrected chi connectivity index (χ1v) is 20.0. The molecule has 11 rings (SSSR count). The van der Waals surface area contributed by atoms with Crippen LogP contribution >= 0.6 is 11.3 Å². The average Bonchev–Trinajstić information content (AvgIpc) is 3.85. The molecule has 0 bridgehead atoms. The summed E-state index contributed by atoms with van der Waals surface area (Å²) in [4.78, 5) is 15.3. The van der Waals surface area contributed by atoms with Crippen LogP contribution in [0.3, 0.4) is 0 Å². The fourth-order valence-electron chi connectivity index (χ4n) is 8.13. The first kappa shape index (κ1) is 33.6. The SMILES string of the molecule is N#Cc1ccc(-c2nc(-c3ccc(-c4cccc5c4sc4ccccc45)cc3)nc(-c3ccc(-c4ccccc4)c(-n4c5ccccc5c5ccccc54)c3)n2)cc1. The second kappa shape index (κ2) is 13.8. The van der Waals surface area contributed by atoms with Crippen molar-refractivity contribution >= 4 is 53.3 Å². The molecule has 5 nitrogen and oxygen atoms in total. The molecule has 3 heterocycles. The van der Waals surface area contributed by atoms with Crippen molar-refractivity contribution in [2.75, 3.05) is 0 Å². The predicted molar refractivity (Wildman–Crippen MR) is 239 cm³/mol. The molecule has 0 spiro atoms. The number of nitrogens with zero attached hydrogens (tertiary/aromatic N) is 5. The number of hydrogen-bond acceptors (Lipinski definition) is 5. The number of aromatic nitrogens is 4. The topological polar surface area (TPSA) is 67.4 Å². The van der Waals surface area contributed by atoms with Crippen LogP contribution in [0.5, 0.6) is 0 Å². The molecule has 0 saturated carbocycles. The van der Waals surface area contributed by atoms with Gasteiger partial charge in [0.1, 0.15) is 0 Å². The molecule has 0 aliphatic rings. The third-order valence-electron chi connectivity index (χ3n) is 10.9. The number of rotatable bonds is 6. The van der Waals surface area contributed by atoms with Crippen molar-refractivity contribution in [2.45, 2.75) is 0 Å². The Morgan fingerprint density at radius 3 is 1.60 bits per heavy atom. The van der Waals surface area contributed by atoms with Gasteiger partial charge in [-0.05, 0) is 65.2 Å². The maximum Gasteiger partial charge on any atom is 0.164 e. The van der Waals surface area contributed by atoms with Gasteiger partial charge in [0.05, 0.1) is 28.4 Å². The Morgan fingerprint density at radius 1 is 0.414 bits per heavy atom. The molecule has 6 heteroatoms. The van der Waals surface area contributed by atoms with Gasteiger partial charge in [-0.1, -0.05) is 140 Å². The quantitative estimate of drug-likeness (QED) is 0.169. The summed E-state index contributed by atoms with van der Waals surface area (Å²) in [6.07, 6.45) is 0. The van der Waals surface area contributed by atoms with E-state index in [1.54, 1.807) is 12.1 Å². The lowest BCUT2D eigenvalue weighted by Crippen LogP contribution is -2.02. The average molecular weight is 758 g/mol. The van der Waals surface area contributed by atoms with E-state index in [4.69, 9.17) is 15.0 Å². The molecule has 0 aliphatic carbocycles. The molecule has 0 amide bonds. The number of para-hydroxylation sites is 2. The molecule has 270 valence electrons. The van der Waals surface area contributed by atoms with Crippen molar-refractivity contribution in [3.8, 4) is 68.2 Å². The fourth-order valence-corrected chi connectivity index (χ4v) is 9.37. The second-order valence-corrected chi connectivity index (χ2v) is 15.4. The van der Waals surface area contributed by atoms with Gasteiger partial charge in [0.25, 0.3) is 0 Å². The number of thiophene rings is 1. The van der Waals surface area contributed by atoms with Gasteiger partial charge in [-0.15, -0.1) is 11.3 Å². The van der Waals surface area contributed by atoms with Crippen LogP contribution in [-0.2, 0) is 0 Å². The summed E-state index contributed by atoms with van der Waals surface area (Å²) in [7, 11) is 0. The molecule has 0 N–H and O–H groups in total. The van der Waals surface area contributed by atoms with E-state index in [0.29, 0.717) is 23.0 Å². The zero-order valence-corrected chi connectivity index (χ0v) is 31.9. The van der Waals surface area contributed by atoms with Crippen LogP contribution in [0.1, 0.15) is 5.56 Å². The molecule has 3 aromatic heterocycles. The van der Waals surface area contributed by atoms with Crippen LogP contribution in [0.2, 0.25) is 0 Å². The van der Waals surface area contributed by atoms with Gasteiger partial charge in [-0.2, -0.15) is 5.26 Å². The Hall–Kier alpha value is -7.72. The van der Waals surface area contributed by atoms with Crippen molar-refractivity contribution in [3.05, 3.63) is 194 Å². The first-order valence-electron chi connectivity index (χ1n) is 19.2. The van der Waals surface area contributed by atoms with E-state index in [2.05, 4.69) is 168 Å². The van der Waals surface area contributed by atoms with Gasteiger partial charge in [0, 0.05) is 53.2 Å². The Morgan fingerprint density at radius 2 is 0.931 bits per heavy atom. The van der Waals surface area contributed by atoms with Crippen molar-refractivity contribution in [1.29, 1.82) is 5.26 Å². The maximum atomic E-state index is 9.53. The van der Waals surface area contributed by atoms with Gasteiger partial charge in [0.15, 0.2) is 17.5 Å². The molecular weight excluding hydrogens is 727 g/mol. The summed E-state index contributed by atoms with van der Waals surface area (Å²) in [6, 6.07) is 67.5. The molecule has 0 radical (unpaired) electrons. The lowest BCUT2D eigenvalue weighted by molar-refractivity contribution is 1.07. The molecule has 0 unspecified atom stereocenters. The minimum absolute atomic E-state index is 0.536. The van der Waals surface area contributed by atoms with Gasteiger partial charge < -0.3 is 4.57 Å². The molecule has 0 fully saturated rings. The Balaban J connectivity index is 1.09. The number of fused-ring (bicyclic) bond motifs is 6. The molecule has 11 aromatic rings. The van der Waals surface area contributed by atoms with Crippen molar-refractivity contribution in [2.24, 2.45) is 0 Å². The Bertz CT molecular complexity index is 3340. The van der Waals surface area contributed by atoms with E-state index in [-0.39, 0.29) is 0 Å². The summed E-state index contributed by atoms with van der Waals surface area (Å²) in [5.74, 6) is 1.67. The normalized spacial score (nSPS) is 11.4. The van der Waals surface area contributed by atoms with Crippen LogP contribution in [0.15, 0.2) is 188 Å². The third kappa shape index (κ3) is 5.64. The summed E-state index contributed by atoms with van der Waals surface area (Å²) >= 11 is 1.83. The lowest BCUT2D eigenvalue weighted by Gasteiger charge is -2.16. The molecule has 8 aromatic carbocycles. The van der Waals surface area contributed by atoms with Crippen molar-refractivity contribution in [3.63, 3.8) is 0 Å². The molecule has 0 aliphatic heterocycles. The highest BCUT2D eigenvalue weighted by Crippen LogP contribution is 2.41. The highest BCUT2D eigenvalue weighted by atomic mass is 32.1. The van der Waals surface area contributed by atoms with Crippen molar-refractivity contribution in [1.82, 2.24) is 19.5 Å². The number of hydrogen-bond donors (Lipinski definition) is 0. The smallest absolute Gasteiger partial charge is 0.164 e. The summed E-state index contributed by atoms with van der Waals surface area (Å²) in [6.45, 7) is 0. The van der Waals surface area contributed by atoms with Crippen LogP contribution in [0.25, 0.3) is 104 Å². The van der Waals surface area contributed by atoms with Crippen molar-refractivity contribution < 1.29 is 0 Å². The molecule has 0 atom stereocenters.